The van der Waals surface area contributed by atoms with Gasteiger partial charge in [0, 0.05) is 6.54 Å². The van der Waals surface area contributed by atoms with Crippen LogP contribution in [-0.4, -0.2) is 36.2 Å². The molecule has 0 atom stereocenters. The number of anilines is 1. The summed E-state index contributed by atoms with van der Waals surface area (Å²) in [5.41, 5.74) is -0.444. The molecule has 0 radical (unpaired) electrons. The van der Waals surface area contributed by atoms with E-state index in [1.807, 2.05) is 0 Å². The Morgan fingerprint density at radius 2 is 1.90 bits per heavy atom. The van der Waals surface area contributed by atoms with E-state index in [9.17, 15) is 14.7 Å². The maximum atomic E-state index is 11.8. The van der Waals surface area contributed by atoms with E-state index in [2.05, 4.69) is 10.6 Å². The number of hydrogen-bond acceptors (Lipinski definition) is 4. The molecule has 6 nitrogen and oxygen atoms in total. The van der Waals surface area contributed by atoms with Crippen molar-refractivity contribution in [2.75, 3.05) is 19.0 Å². The highest BCUT2D eigenvalue weighted by molar-refractivity contribution is 6.39. The number of ether oxygens (including phenoxy) is 1. The summed E-state index contributed by atoms with van der Waals surface area (Å²) in [5.74, 6) is -1.06. The molecule has 21 heavy (non-hydrogen) atoms. The summed E-state index contributed by atoms with van der Waals surface area (Å²) in [6.07, 6.45) is 3.20. The van der Waals surface area contributed by atoms with E-state index in [-0.39, 0.29) is 6.54 Å². The number of benzene rings is 1. The molecular formula is C15H20N2O4. The molecule has 1 fully saturated rings. The standard InChI is InChI=1S/C15H20N2O4/c1-21-12-7-3-2-6-11(12)17-14(19)13(18)16-10-15(20)8-4-5-9-15/h2-3,6-7,20H,4-5,8-10H2,1H3,(H,16,18)(H,17,19). The summed E-state index contributed by atoms with van der Waals surface area (Å²) in [6.45, 7) is 0.102. The van der Waals surface area contributed by atoms with Gasteiger partial charge in [-0.1, -0.05) is 25.0 Å². The normalized spacial score (nSPS) is 16.3. The van der Waals surface area contributed by atoms with Gasteiger partial charge in [0.15, 0.2) is 0 Å². The van der Waals surface area contributed by atoms with Crippen LogP contribution in [0.25, 0.3) is 0 Å². The van der Waals surface area contributed by atoms with Crippen LogP contribution in [0.3, 0.4) is 0 Å². The number of amides is 2. The zero-order valence-corrected chi connectivity index (χ0v) is 12.0. The van der Waals surface area contributed by atoms with E-state index < -0.39 is 17.4 Å². The molecule has 2 rings (SSSR count). The van der Waals surface area contributed by atoms with Gasteiger partial charge in [-0.2, -0.15) is 0 Å². The first-order chi connectivity index (χ1) is 10.0. The average molecular weight is 292 g/mol. The van der Waals surface area contributed by atoms with Gasteiger partial charge in [0.2, 0.25) is 0 Å². The molecule has 0 unspecified atom stereocenters. The summed E-state index contributed by atoms with van der Waals surface area (Å²) in [4.78, 5) is 23.6. The smallest absolute Gasteiger partial charge is 0.313 e. The molecule has 1 saturated carbocycles. The Morgan fingerprint density at radius 3 is 2.57 bits per heavy atom. The van der Waals surface area contributed by atoms with Gasteiger partial charge in [0.25, 0.3) is 0 Å². The second kappa shape index (κ2) is 6.58. The van der Waals surface area contributed by atoms with Gasteiger partial charge in [-0.25, -0.2) is 0 Å². The highest BCUT2D eigenvalue weighted by Gasteiger charge is 2.32. The summed E-state index contributed by atoms with van der Waals surface area (Å²) >= 11 is 0. The maximum Gasteiger partial charge on any atom is 0.313 e. The lowest BCUT2D eigenvalue weighted by Crippen LogP contribution is -2.44. The van der Waals surface area contributed by atoms with Crippen LogP contribution in [0.1, 0.15) is 25.7 Å². The molecule has 0 heterocycles. The van der Waals surface area contributed by atoms with Crippen molar-refractivity contribution in [2.24, 2.45) is 0 Å². The lowest BCUT2D eigenvalue weighted by Gasteiger charge is -2.22. The molecule has 1 aliphatic carbocycles. The molecule has 6 heteroatoms. The van der Waals surface area contributed by atoms with Gasteiger partial charge < -0.3 is 20.5 Å². The van der Waals surface area contributed by atoms with E-state index in [0.717, 1.165) is 12.8 Å². The zero-order valence-electron chi connectivity index (χ0n) is 12.0. The van der Waals surface area contributed by atoms with Crippen molar-refractivity contribution in [3.8, 4) is 5.75 Å². The number of methoxy groups -OCH3 is 1. The highest BCUT2D eigenvalue weighted by Crippen LogP contribution is 2.28. The Labute approximate surface area is 123 Å². The first kappa shape index (κ1) is 15.3. The highest BCUT2D eigenvalue weighted by atomic mass is 16.5. The van der Waals surface area contributed by atoms with E-state index in [1.54, 1.807) is 24.3 Å². The van der Waals surface area contributed by atoms with Crippen molar-refractivity contribution in [2.45, 2.75) is 31.3 Å². The van der Waals surface area contributed by atoms with Gasteiger partial charge in [0.1, 0.15) is 5.75 Å². The van der Waals surface area contributed by atoms with Crippen molar-refractivity contribution >= 4 is 17.5 Å². The van der Waals surface area contributed by atoms with Gasteiger partial charge >= 0.3 is 11.8 Å². The Bertz CT molecular complexity index is 524. The molecule has 0 aromatic heterocycles. The number of carbonyl (C=O) groups excluding carboxylic acids is 2. The number of rotatable bonds is 4. The van der Waals surface area contributed by atoms with Crippen LogP contribution in [-0.2, 0) is 9.59 Å². The number of para-hydroxylation sites is 2. The largest absolute Gasteiger partial charge is 0.495 e. The summed E-state index contributed by atoms with van der Waals surface area (Å²) < 4.78 is 5.10. The third-order valence-corrected chi connectivity index (χ3v) is 3.67. The fraction of sp³-hybridized carbons (Fsp3) is 0.467. The number of hydrogen-bond donors (Lipinski definition) is 3. The molecule has 0 saturated heterocycles. The fourth-order valence-electron chi connectivity index (χ4n) is 2.46. The predicted octanol–water partition coefficient (Wildman–Crippen LogP) is 1.05. The lowest BCUT2D eigenvalue weighted by atomic mass is 10.0. The Hall–Kier alpha value is -2.08. The SMILES string of the molecule is COc1ccccc1NC(=O)C(=O)NCC1(O)CCCC1. The van der Waals surface area contributed by atoms with Crippen LogP contribution in [0.15, 0.2) is 24.3 Å². The van der Waals surface area contributed by atoms with Crippen molar-refractivity contribution in [1.82, 2.24) is 5.32 Å². The second-order valence-electron chi connectivity index (χ2n) is 5.27. The summed E-state index contributed by atoms with van der Waals surface area (Å²) in [6, 6.07) is 6.84. The number of aliphatic hydroxyl groups is 1. The Morgan fingerprint density at radius 1 is 1.24 bits per heavy atom. The molecule has 0 bridgehead atoms. The van der Waals surface area contributed by atoms with E-state index in [1.165, 1.54) is 7.11 Å². The van der Waals surface area contributed by atoms with E-state index in [4.69, 9.17) is 4.74 Å². The monoisotopic (exact) mass is 292 g/mol. The van der Waals surface area contributed by atoms with E-state index >= 15 is 0 Å². The first-order valence-electron chi connectivity index (χ1n) is 6.99. The molecule has 1 aromatic rings. The minimum absolute atomic E-state index is 0.102. The number of carbonyl (C=O) groups is 2. The first-order valence-corrected chi connectivity index (χ1v) is 6.99. The van der Waals surface area contributed by atoms with E-state index in [0.29, 0.717) is 24.3 Å². The Kier molecular flexibility index (Phi) is 4.80. The molecule has 3 N–H and O–H groups in total. The van der Waals surface area contributed by atoms with Crippen LogP contribution in [0.5, 0.6) is 5.75 Å². The van der Waals surface area contributed by atoms with Crippen molar-refractivity contribution in [1.29, 1.82) is 0 Å². The van der Waals surface area contributed by atoms with Crippen LogP contribution in [0.4, 0.5) is 5.69 Å². The molecule has 1 aromatic carbocycles. The molecule has 114 valence electrons. The number of nitrogens with one attached hydrogen (secondary N) is 2. The van der Waals surface area contributed by atoms with Crippen molar-refractivity contribution < 1.29 is 19.4 Å². The van der Waals surface area contributed by atoms with Gasteiger partial charge in [-0.05, 0) is 25.0 Å². The minimum Gasteiger partial charge on any atom is -0.495 e. The average Bonchev–Trinajstić information content (AvgIpc) is 2.92. The third kappa shape index (κ3) is 3.95. The summed E-state index contributed by atoms with van der Waals surface area (Å²) in [5, 5.41) is 15.1. The third-order valence-electron chi connectivity index (χ3n) is 3.67. The molecule has 2 amide bonds. The van der Waals surface area contributed by atoms with Crippen LogP contribution in [0.2, 0.25) is 0 Å². The van der Waals surface area contributed by atoms with Crippen LogP contribution in [0, 0.1) is 0 Å². The summed E-state index contributed by atoms with van der Waals surface area (Å²) in [7, 11) is 1.49. The van der Waals surface area contributed by atoms with Crippen molar-refractivity contribution in [3.05, 3.63) is 24.3 Å². The van der Waals surface area contributed by atoms with Crippen LogP contribution >= 0.6 is 0 Å². The lowest BCUT2D eigenvalue weighted by molar-refractivity contribution is -0.136. The molecule has 1 aliphatic rings. The quantitative estimate of drug-likeness (QED) is 0.724. The van der Waals surface area contributed by atoms with Gasteiger partial charge in [-0.3, -0.25) is 9.59 Å². The Balaban J connectivity index is 1.89. The molecule has 0 aliphatic heterocycles. The topological polar surface area (TPSA) is 87.7 Å². The van der Waals surface area contributed by atoms with Crippen LogP contribution < -0.4 is 15.4 Å². The zero-order chi connectivity index (χ0) is 15.3. The van der Waals surface area contributed by atoms with Gasteiger partial charge in [-0.15, -0.1) is 0 Å². The predicted molar refractivity (Wildman–Crippen MR) is 78.1 cm³/mol. The second-order valence-corrected chi connectivity index (χ2v) is 5.27. The molecule has 0 spiro atoms. The van der Waals surface area contributed by atoms with Crippen molar-refractivity contribution in [3.63, 3.8) is 0 Å². The minimum atomic E-state index is -0.875. The molecular weight excluding hydrogens is 272 g/mol. The fourth-order valence-corrected chi connectivity index (χ4v) is 2.46. The van der Waals surface area contributed by atoms with Gasteiger partial charge in [0.05, 0.1) is 18.4 Å². The maximum absolute atomic E-state index is 11.8.